The van der Waals surface area contributed by atoms with Crippen molar-refractivity contribution in [3.05, 3.63) is 104 Å². The number of Topliss-reactive ketones (excluding diaryl/α,β-unsaturated/α-hetero) is 1. The molecule has 1 aliphatic heterocycles. The third kappa shape index (κ3) is 5.36. The van der Waals surface area contributed by atoms with Crippen molar-refractivity contribution < 1.29 is 13.9 Å². The number of halogens is 2. The van der Waals surface area contributed by atoms with Crippen molar-refractivity contribution in [2.24, 2.45) is 14.1 Å². The third-order valence-corrected chi connectivity index (χ3v) is 11.7. The largest absolute Gasteiger partial charge is 0.494 e. The summed E-state index contributed by atoms with van der Waals surface area (Å²) in [6, 6.07) is 16.2. The minimum Gasteiger partial charge on any atom is -0.494 e. The van der Waals surface area contributed by atoms with E-state index >= 15 is 4.79 Å². The predicted molar refractivity (Wildman–Crippen MR) is 206 cm³/mol. The van der Waals surface area contributed by atoms with Gasteiger partial charge in [-0.3, -0.25) is 9.48 Å². The lowest BCUT2D eigenvalue weighted by Crippen LogP contribution is -2.29. The molecule has 0 spiro atoms. The van der Waals surface area contributed by atoms with Gasteiger partial charge in [0.05, 0.1) is 40.0 Å². The Morgan fingerprint density at radius 1 is 0.981 bits per heavy atom. The zero-order chi connectivity index (χ0) is 36.6. The fourth-order valence-corrected chi connectivity index (χ4v) is 8.77. The zero-order valence-electron chi connectivity index (χ0n) is 30.3. The molecule has 0 fully saturated rings. The van der Waals surface area contributed by atoms with E-state index in [0.717, 1.165) is 88.7 Å². The number of fused-ring (bicyclic) bond motifs is 4. The first-order valence-corrected chi connectivity index (χ1v) is 18.4. The number of aromatic nitrogens is 6. The Bertz CT molecular complexity index is 2520. The lowest BCUT2D eigenvalue weighted by Gasteiger charge is -2.31. The molecule has 0 N–H and O–H groups in total. The average Bonchev–Trinajstić information content (AvgIpc) is 3.89. The number of nitrogens with zero attached hydrogens (tertiary/aromatic N) is 6. The zero-order valence-corrected chi connectivity index (χ0v) is 31.9. The number of carbonyl (C=O) groups is 1. The van der Waals surface area contributed by atoms with E-state index in [4.69, 9.17) is 37.5 Å². The first kappa shape index (κ1) is 34.2. The van der Waals surface area contributed by atoms with Crippen LogP contribution >= 0.6 is 23.2 Å². The van der Waals surface area contributed by atoms with Crippen molar-refractivity contribution in [3.63, 3.8) is 0 Å². The second-order valence-electron chi connectivity index (χ2n) is 14.1. The van der Waals surface area contributed by atoms with Crippen LogP contribution in [0.2, 0.25) is 10.0 Å². The molecule has 0 aliphatic carbocycles. The van der Waals surface area contributed by atoms with Gasteiger partial charge >= 0.3 is 0 Å². The molecule has 2 atom stereocenters. The summed E-state index contributed by atoms with van der Waals surface area (Å²) in [5, 5.41) is 16.2. The molecule has 9 nitrogen and oxygen atoms in total. The molecule has 0 saturated carbocycles. The molecule has 1 aliphatic rings. The van der Waals surface area contributed by atoms with E-state index in [9.17, 15) is 0 Å². The minimum absolute atomic E-state index is 0.00865. The highest BCUT2D eigenvalue weighted by atomic mass is 35.5. The maximum Gasteiger partial charge on any atom is 0.264 e. The molecular weight excluding hydrogens is 695 g/mol. The van der Waals surface area contributed by atoms with Gasteiger partial charge in [-0.05, 0) is 100 Å². The Labute approximate surface area is 312 Å². The number of rotatable bonds is 8. The highest BCUT2D eigenvalue weighted by Crippen LogP contribution is 2.48. The topological polar surface area (TPSA) is 92.9 Å². The van der Waals surface area contributed by atoms with Gasteiger partial charge < -0.3 is 18.3 Å². The second kappa shape index (κ2) is 13.0. The van der Waals surface area contributed by atoms with Gasteiger partial charge in [-0.1, -0.05) is 47.5 Å². The van der Waals surface area contributed by atoms with E-state index in [1.54, 1.807) is 0 Å². The van der Waals surface area contributed by atoms with Crippen LogP contribution < -0.4 is 4.74 Å². The van der Waals surface area contributed by atoms with Crippen LogP contribution in [0.5, 0.6) is 5.75 Å². The van der Waals surface area contributed by atoms with Crippen molar-refractivity contribution >= 4 is 50.8 Å². The van der Waals surface area contributed by atoms with Gasteiger partial charge in [0.15, 0.2) is 5.78 Å². The maximum absolute atomic E-state index is 15.2. The number of benzene rings is 3. The SMILES string of the molecule is Cc1cc(OCCCc2c3n(c4c(-c5c(C)nn(C)c5C)c(Cl)ccc24)[C@H](C)CC(c2cccc4cc(-c5nnco5)n(C)c24)C3=O)cc(C)c1Cl. The summed E-state index contributed by atoms with van der Waals surface area (Å²) in [4.78, 5) is 15.2. The Morgan fingerprint density at radius 2 is 1.75 bits per heavy atom. The van der Waals surface area contributed by atoms with E-state index in [1.807, 2.05) is 69.9 Å². The summed E-state index contributed by atoms with van der Waals surface area (Å²) < 4.78 is 18.0. The summed E-state index contributed by atoms with van der Waals surface area (Å²) in [6.07, 6.45) is 3.32. The highest BCUT2D eigenvalue weighted by Gasteiger charge is 2.39. The van der Waals surface area contributed by atoms with Gasteiger partial charge in [-0.15, -0.1) is 10.2 Å². The summed E-state index contributed by atoms with van der Waals surface area (Å²) in [6.45, 7) is 10.8. The van der Waals surface area contributed by atoms with Gasteiger partial charge in [0.2, 0.25) is 6.39 Å². The molecule has 0 bridgehead atoms. The Kier molecular flexibility index (Phi) is 8.54. The number of para-hydroxylation sites is 1. The Hall–Kier alpha value is -4.86. The standard InChI is InChI=1S/C41H40Cl2N6O3/c1-21-16-27(17-22(2)36(21)43)51-15-9-12-28-30-13-14-32(42)35(34-24(4)46-48(7)25(34)5)38(30)49-23(3)18-31(40(50)39(28)49)29-11-8-10-26-19-33(47(6)37(26)29)41-45-44-20-52-41/h8,10-11,13-14,16-17,19-20,23,31H,9,12,15,18H2,1-7H3/t23-,31?/m1/s1. The second-order valence-corrected chi connectivity index (χ2v) is 14.9. The average molecular weight is 736 g/mol. The van der Waals surface area contributed by atoms with E-state index in [0.29, 0.717) is 36.8 Å². The van der Waals surface area contributed by atoms with Crippen LogP contribution in [-0.4, -0.2) is 41.5 Å². The molecular formula is C41H40Cl2N6O3. The van der Waals surface area contributed by atoms with E-state index in [1.165, 1.54) is 6.39 Å². The summed E-state index contributed by atoms with van der Waals surface area (Å²) in [7, 11) is 3.94. The summed E-state index contributed by atoms with van der Waals surface area (Å²) in [5.74, 6) is 0.964. The van der Waals surface area contributed by atoms with Crippen molar-refractivity contribution in [3.8, 4) is 28.5 Å². The fraction of sp³-hybridized carbons (Fsp3) is 0.317. The molecule has 0 saturated heterocycles. The molecule has 0 amide bonds. The van der Waals surface area contributed by atoms with Crippen molar-refractivity contribution in [1.29, 1.82) is 0 Å². The van der Waals surface area contributed by atoms with Gasteiger partial charge in [0.25, 0.3) is 5.89 Å². The predicted octanol–water partition coefficient (Wildman–Crippen LogP) is 10.1. The third-order valence-electron chi connectivity index (χ3n) is 10.8. The first-order valence-electron chi connectivity index (χ1n) is 17.6. The fourth-order valence-electron chi connectivity index (χ4n) is 8.41. The highest BCUT2D eigenvalue weighted by molar-refractivity contribution is 6.35. The van der Waals surface area contributed by atoms with Crippen LogP contribution in [0.3, 0.4) is 0 Å². The van der Waals surface area contributed by atoms with E-state index in [2.05, 4.69) is 51.4 Å². The maximum atomic E-state index is 15.2. The molecule has 4 aromatic heterocycles. The van der Waals surface area contributed by atoms with Crippen LogP contribution in [0, 0.1) is 27.7 Å². The van der Waals surface area contributed by atoms with Gasteiger partial charge in [0.1, 0.15) is 11.4 Å². The van der Waals surface area contributed by atoms with Crippen LogP contribution in [0.4, 0.5) is 0 Å². The first-order chi connectivity index (χ1) is 25.0. The van der Waals surface area contributed by atoms with E-state index < -0.39 is 0 Å². The number of ether oxygens (including phenoxy) is 1. The summed E-state index contributed by atoms with van der Waals surface area (Å²) in [5.41, 5.74) is 11.3. The van der Waals surface area contributed by atoms with Crippen molar-refractivity contribution in [2.75, 3.05) is 6.61 Å². The quantitative estimate of drug-likeness (QED) is 0.144. The molecule has 3 aromatic carbocycles. The minimum atomic E-state index is -0.365. The monoisotopic (exact) mass is 734 g/mol. The van der Waals surface area contributed by atoms with Gasteiger partial charge in [-0.2, -0.15) is 5.10 Å². The van der Waals surface area contributed by atoms with E-state index in [-0.39, 0.29) is 17.7 Å². The van der Waals surface area contributed by atoms with Gasteiger partial charge in [0, 0.05) is 52.8 Å². The number of aryl methyl sites for hydroxylation is 6. The molecule has 52 heavy (non-hydrogen) atoms. The molecule has 5 heterocycles. The molecule has 11 heteroatoms. The van der Waals surface area contributed by atoms with Crippen LogP contribution in [-0.2, 0) is 20.5 Å². The molecule has 8 rings (SSSR count). The normalized spacial score (nSPS) is 16.0. The molecule has 7 aromatic rings. The Balaban J connectivity index is 1.27. The molecule has 1 unspecified atom stereocenters. The molecule has 0 radical (unpaired) electrons. The van der Waals surface area contributed by atoms with Crippen LogP contribution in [0.1, 0.15) is 75.9 Å². The Morgan fingerprint density at radius 3 is 2.44 bits per heavy atom. The number of hydrogen-bond donors (Lipinski definition) is 0. The summed E-state index contributed by atoms with van der Waals surface area (Å²) >= 11 is 13.5. The molecule has 266 valence electrons. The van der Waals surface area contributed by atoms with Crippen molar-refractivity contribution in [1.82, 2.24) is 29.1 Å². The smallest absolute Gasteiger partial charge is 0.264 e. The van der Waals surface area contributed by atoms with Crippen LogP contribution in [0.25, 0.3) is 44.5 Å². The number of carbonyl (C=O) groups excluding carboxylic acids is 1. The lowest BCUT2D eigenvalue weighted by atomic mass is 9.82. The number of ketones is 1. The van der Waals surface area contributed by atoms with Crippen LogP contribution in [0.15, 0.2) is 59.3 Å². The number of hydrogen-bond acceptors (Lipinski definition) is 6. The van der Waals surface area contributed by atoms with Crippen molar-refractivity contribution in [2.45, 2.75) is 65.8 Å². The lowest BCUT2D eigenvalue weighted by molar-refractivity contribution is 0.0915. The van der Waals surface area contributed by atoms with Gasteiger partial charge in [-0.25, -0.2) is 0 Å².